The summed E-state index contributed by atoms with van der Waals surface area (Å²) >= 11 is 0. The van der Waals surface area contributed by atoms with E-state index in [1.54, 1.807) is 6.92 Å². The maximum Gasteiger partial charge on any atom is 0.468 e. The highest BCUT2D eigenvalue weighted by molar-refractivity contribution is 7.86. The molecule has 0 aliphatic heterocycles. The average molecular weight is 413 g/mol. The summed E-state index contributed by atoms with van der Waals surface area (Å²) in [4.78, 5) is 22.9. The fourth-order valence-electron chi connectivity index (χ4n) is 1.23. The van der Waals surface area contributed by atoms with Crippen LogP contribution in [-0.2, 0) is 33.9 Å². The van der Waals surface area contributed by atoms with Gasteiger partial charge < -0.3 is 18.8 Å². The highest BCUT2D eigenvalue weighted by atomic mass is 32.2. The van der Waals surface area contributed by atoms with Gasteiger partial charge in [0.1, 0.15) is 6.61 Å². The second-order valence-electron chi connectivity index (χ2n) is 4.61. The number of ether oxygens (including phenoxy) is 3. The molecule has 1 unspecified atom stereocenters. The molecule has 0 heterocycles. The van der Waals surface area contributed by atoms with Crippen LogP contribution in [0.15, 0.2) is 12.7 Å². The van der Waals surface area contributed by atoms with Gasteiger partial charge in [0, 0.05) is 6.08 Å². The minimum Gasteiger partial charge on any atom is -0.743 e. The van der Waals surface area contributed by atoms with Crippen molar-refractivity contribution in [1.29, 1.82) is 0 Å². The lowest BCUT2D eigenvalue weighted by molar-refractivity contribution is -0.359. The molecule has 0 aliphatic rings. The van der Waals surface area contributed by atoms with E-state index >= 15 is 0 Å². The second-order valence-corrected chi connectivity index (χ2v) is 6.11. The Bertz CT molecular complexity index is 630. The maximum absolute atomic E-state index is 13.3. The fraction of sp³-hybridized carbons (Fsp3) is 0.667. The summed E-state index contributed by atoms with van der Waals surface area (Å²) in [5, 5.41) is -5.35. The summed E-state index contributed by atoms with van der Waals surface area (Å²) in [6.07, 6.45) is -5.37. The lowest BCUT2D eigenvalue weighted by Gasteiger charge is -2.33. The van der Waals surface area contributed by atoms with Gasteiger partial charge in [-0.15, -0.1) is 0 Å². The third kappa shape index (κ3) is 5.88. The van der Waals surface area contributed by atoms with Crippen molar-refractivity contribution < 1.29 is 58.7 Å². The lowest BCUT2D eigenvalue weighted by atomic mass is 10.2. The molecule has 0 aromatic heterocycles. The minimum absolute atomic E-state index is 0.0696. The fourth-order valence-corrected chi connectivity index (χ4v) is 1.43. The van der Waals surface area contributed by atoms with E-state index in [2.05, 4.69) is 20.8 Å². The Labute approximate surface area is 144 Å². The van der Waals surface area contributed by atoms with Crippen LogP contribution < -0.4 is 0 Å². The van der Waals surface area contributed by atoms with Crippen molar-refractivity contribution in [1.82, 2.24) is 0 Å². The zero-order valence-electron chi connectivity index (χ0n) is 13.2. The van der Waals surface area contributed by atoms with Gasteiger partial charge in [0.2, 0.25) is 0 Å². The molecular formula is C12H14F5O8S-. The van der Waals surface area contributed by atoms with Gasteiger partial charge in [-0.05, 0) is 6.42 Å². The molecule has 0 bridgehead atoms. The first-order valence-electron chi connectivity index (χ1n) is 6.71. The number of esters is 2. The number of hydrogen-bond donors (Lipinski definition) is 0. The normalized spacial score (nSPS) is 15.0. The van der Waals surface area contributed by atoms with E-state index < -0.39 is 52.5 Å². The van der Waals surface area contributed by atoms with Gasteiger partial charge in [-0.2, -0.15) is 22.0 Å². The summed E-state index contributed by atoms with van der Waals surface area (Å²) in [5.41, 5.74) is 0. The van der Waals surface area contributed by atoms with Crippen LogP contribution in [0, 0.1) is 0 Å². The molecule has 0 saturated heterocycles. The molecule has 0 aliphatic carbocycles. The van der Waals surface area contributed by atoms with Gasteiger partial charge in [0.05, 0.1) is 6.61 Å². The summed E-state index contributed by atoms with van der Waals surface area (Å²) in [6, 6.07) is 0. The van der Waals surface area contributed by atoms with Gasteiger partial charge in [0.15, 0.2) is 10.1 Å². The number of unbranched alkanes of at least 4 members (excludes halogenated alkanes) is 1. The smallest absolute Gasteiger partial charge is 0.468 e. The summed E-state index contributed by atoms with van der Waals surface area (Å²) in [6.45, 7) is 1.01. The van der Waals surface area contributed by atoms with Crippen molar-refractivity contribution in [3.05, 3.63) is 12.7 Å². The Kier molecular flexibility index (Phi) is 8.12. The third-order valence-electron chi connectivity index (χ3n) is 2.59. The van der Waals surface area contributed by atoms with Crippen molar-refractivity contribution in [3.8, 4) is 0 Å². The number of rotatable bonds is 10. The molecule has 0 N–H and O–H groups in total. The van der Waals surface area contributed by atoms with Crippen LogP contribution in [0.4, 0.5) is 22.0 Å². The van der Waals surface area contributed by atoms with Gasteiger partial charge in [-0.3, -0.25) is 0 Å². The predicted molar refractivity (Wildman–Crippen MR) is 71.5 cm³/mol. The van der Waals surface area contributed by atoms with Crippen LogP contribution >= 0.6 is 0 Å². The summed E-state index contributed by atoms with van der Waals surface area (Å²) < 4.78 is 109. The van der Waals surface area contributed by atoms with Crippen molar-refractivity contribution in [3.63, 3.8) is 0 Å². The first kappa shape index (κ1) is 24.2. The molecular weight excluding hydrogens is 399 g/mol. The molecule has 14 heteroatoms. The lowest BCUT2D eigenvalue weighted by Crippen LogP contribution is -2.59. The Morgan fingerprint density at radius 1 is 1.19 bits per heavy atom. The molecule has 0 rings (SSSR count). The van der Waals surface area contributed by atoms with Crippen LogP contribution in [0.1, 0.15) is 19.8 Å². The van der Waals surface area contributed by atoms with Crippen molar-refractivity contribution in [2.45, 2.75) is 37.0 Å². The molecule has 8 nitrogen and oxygen atoms in total. The number of alkyl halides is 5. The van der Waals surface area contributed by atoms with E-state index in [9.17, 15) is 44.5 Å². The quantitative estimate of drug-likeness (QED) is 0.132. The van der Waals surface area contributed by atoms with E-state index in [0.717, 1.165) is 0 Å². The predicted octanol–water partition coefficient (Wildman–Crippen LogP) is 1.47. The zero-order chi connectivity index (χ0) is 20.8. The molecule has 0 spiro atoms. The summed E-state index contributed by atoms with van der Waals surface area (Å²) in [5.74, 6) is -9.07. The zero-order valence-corrected chi connectivity index (χ0v) is 14.0. The Balaban J connectivity index is 5.91. The molecule has 0 radical (unpaired) electrons. The van der Waals surface area contributed by atoms with E-state index in [0.29, 0.717) is 6.42 Å². The van der Waals surface area contributed by atoms with Crippen molar-refractivity contribution in [2.24, 2.45) is 0 Å². The SMILES string of the molecule is C=CC(=O)OC(OCC(F)(F)S(=O)(=O)[O-])(C(=O)OCCCC)C(F)(F)F. The number of halogens is 5. The van der Waals surface area contributed by atoms with Crippen LogP contribution in [0.25, 0.3) is 0 Å². The average Bonchev–Trinajstić information content (AvgIpc) is 2.48. The molecule has 1 atom stereocenters. The molecule has 0 fully saturated rings. The summed E-state index contributed by atoms with van der Waals surface area (Å²) in [7, 11) is -6.44. The molecule has 152 valence electrons. The van der Waals surface area contributed by atoms with Gasteiger partial charge >= 0.3 is 29.2 Å². The van der Waals surface area contributed by atoms with Crippen LogP contribution in [-0.4, -0.2) is 55.3 Å². The number of carbonyl (C=O) groups is 2. The Morgan fingerprint density at radius 3 is 2.12 bits per heavy atom. The van der Waals surface area contributed by atoms with Crippen LogP contribution in [0.2, 0.25) is 0 Å². The molecule has 0 saturated carbocycles. The minimum atomic E-state index is -6.44. The monoisotopic (exact) mass is 413 g/mol. The topological polar surface area (TPSA) is 119 Å². The first-order chi connectivity index (χ1) is 11.6. The standard InChI is InChI=1S/C12H15F5O8S/c1-3-5-6-23-9(19)11(12(15,16)17,25-8(18)4-2)24-7-10(13,14)26(20,21)22/h4H,2-3,5-7H2,1H3,(H,20,21,22)/p-1. The number of hydrogen-bond acceptors (Lipinski definition) is 8. The highest BCUT2D eigenvalue weighted by Gasteiger charge is 2.68. The molecule has 0 aromatic carbocycles. The largest absolute Gasteiger partial charge is 0.743 e. The Morgan fingerprint density at radius 2 is 1.73 bits per heavy atom. The van der Waals surface area contributed by atoms with E-state index in [-0.39, 0.29) is 12.5 Å². The van der Waals surface area contributed by atoms with Crippen molar-refractivity contribution >= 4 is 22.1 Å². The van der Waals surface area contributed by atoms with Gasteiger partial charge in [-0.25, -0.2) is 18.0 Å². The Hall–Kier alpha value is -1.80. The molecule has 0 amide bonds. The van der Waals surface area contributed by atoms with Crippen LogP contribution in [0.3, 0.4) is 0 Å². The van der Waals surface area contributed by atoms with Crippen LogP contribution in [0.5, 0.6) is 0 Å². The highest BCUT2D eigenvalue weighted by Crippen LogP contribution is 2.38. The first-order valence-corrected chi connectivity index (χ1v) is 8.12. The molecule has 0 aromatic rings. The van der Waals surface area contributed by atoms with E-state index in [4.69, 9.17) is 0 Å². The number of carbonyl (C=O) groups excluding carboxylic acids is 2. The van der Waals surface area contributed by atoms with Gasteiger partial charge in [0.25, 0.3) is 0 Å². The van der Waals surface area contributed by atoms with E-state index in [1.165, 1.54) is 0 Å². The van der Waals surface area contributed by atoms with Crippen molar-refractivity contribution in [2.75, 3.05) is 13.2 Å². The maximum atomic E-state index is 13.3. The van der Waals surface area contributed by atoms with E-state index in [1.807, 2.05) is 0 Å². The second kappa shape index (κ2) is 8.73. The third-order valence-corrected chi connectivity index (χ3v) is 3.44. The van der Waals surface area contributed by atoms with Gasteiger partial charge in [-0.1, -0.05) is 19.9 Å². The molecule has 26 heavy (non-hydrogen) atoms.